The zero-order valence-corrected chi connectivity index (χ0v) is 14.7. The van der Waals surface area contributed by atoms with Gasteiger partial charge in [-0.1, -0.05) is 27.5 Å². The van der Waals surface area contributed by atoms with Gasteiger partial charge in [0.25, 0.3) is 11.6 Å². The van der Waals surface area contributed by atoms with Gasteiger partial charge in [-0.3, -0.25) is 14.9 Å². The maximum atomic E-state index is 12.2. The molecule has 1 amide bonds. The summed E-state index contributed by atoms with van der Waals surface area (Å²) >= 11 is 9.18. The molecule has 0 aliphatic rings. The van der Waals surface area contributed by atoms with Crippen LogP contribution in [0.15, 0.2) is 52.8 Å². The second-order valence-corrected chi connectivity index (χ2v) is 5.87. The zero-order valence-electron chi connectivity index (χ0n) is 12.4. The predicted octanol–water partition coefficient (Wildman–Crippen LogP) is 3.86. The molecule has 2 N–H and O–H groups in total. The number of hydrogen-bond acceptors (Lipinski definition) is 6. The molecule has 1 aromatic heterocycles. The zero-order chi connectivity index (χ0) is 18.4. The standard InChI is InChI=1S/C15H9BrClN5O3/c16-10-3-4-19-14(5-10)20-8-9(7-18)15(23)21-13-6-11(22(24)25)1-2-12(13)17/h1-6,8H,(H,19,20)(H,21,23)/b9-8-. The SMILES string of the molecule is N#C/C(=C/Nc1cc(Br)ccn1)C(=O)Nc1cc([N+](=O)[O-])ccc1Cl. The molecule has 0 saturated heterocycles. The monoisotopic (exact) mass is 421 g/mol. The van der Waals surface area contributed by atoms with E-state index in [4.69, 9.17) is 16.9 Å². The van der Waals surface area contributed by atoms with Crippen molar-refractivity contribution in [3.63, 3.8) is 0 Å². The molecule has 0 atom stereocenters. The first kappa shape index (κ1) is 18.4. The van der Waals surface area contributed by atoms with Crippen LogP contribution in [0.5, 0.6) is 0 Å². The van der Waals surface area contributed by atoms with Gasteiger partial charge in [-0.15, -0.1) is 0 Å². The molecule has 0 spiro atoms. The Morgan fingerprint density at radius 1 is 1.40 bits per heavy atom. The number of nitrogens with zero attached hydrogens (tertiary/aromatic N) is 3. The van der Waals surface area contributed by atoms with Crippen molar-refractivity contribution in [1.29, 1.82) is 5.26 Å². The largest absolute Gasteiger partial charge is 0.345 e. The fourth-order valence-electron chi connectivity index (χ4n) is 1.69. The number of pyridine rings is 1. The first-order chi connectivity index (χ1) is 11.9. The molecule has 126 valence electrons. The van der Waals surface area contributed by atoms with Gasteiger partial charge < -0.3 is 10.6 Å². The normalized spacial score (nSPS) is 10.7. The number of carbonyl (C=O) groups excluding carboxylic acids is 1. The molecular formula is C15H9BrClN5O3. The van der Waals surface area contributed by atoms with Crippen LogP contribution in [0, 0.1) is 21.4 Å². The van der Waals surface area contributed by atoms with Crippen LogP contribution in [-0.2, 0) is 4.79 Å². The van der Waals surface area contributed by atoms with Gasteiger partial charge in [-0.25, -0.2) is 4.98 Å². The molecule has 10 heteroatoms. The highest BCUT2D eigenvalue weighted by atomic mass is 79.9. The van der Waals surface area contributed by atoms with E-state index in [1.807, 2.05) is 0 Å². The van der Waals surface area contributed by atoms with E-state index in [9.17, 15) is 14.9 Å². The quantitative estimate of drug-likeness (QED) is 0.326. The van der Waals surface area contributed by atoms with Crippen molar-refractivity contribution in [2.24, 2.45) is 0 Å². The van der Waals surface area contributed by atoms with Crippen LogP contribution in [0.25, 0.3) is 0 Å². The Bertz CT molecular complexity index is 910. The van der Waals surface area contributed by atoms with Crippen molar-refractivity contribution >= 4 is 50.6 Å². The Morgan fingerprint density at radius 3 is 2.80 bits per heavy atom. The van der Waals surface area contributed by atoms with E-state index < -0.39 is 10.8 Å². The van der Waals surface area contributed by atoms with E-state index in [2.05, 4.69) is 31.5 Å². The number of hydrogen-bond donors (Lipinski definition) is 2. The van der Waals surface area contributed by atoms with Crippen molar-refractivity contribution in [1.82, 2.24) is 4.98 Å². The van der Waals surface area contributed by atoms with Crippen molar-refractivity contribution in [3.05, 3.63) is 67.9 Å². The van der Waals surface area contributed by atoms with E-state index in [0.29, 0.717) is 5.82 Å². The third-order valence-corrected chi connectivity index (χ3v) is 3.68. The van der Waals surface area contributed by atoms with Gasteiger partial charge in [0, 0.05) is 29.0 Å². The number of carbonyl (C=O) groups is 1. The van der Waals surface area contributed by atoms with Crippen molar-refractivity contribution < 1.29 is 9.72 Å². The third-order valence-electron chi connectivity index (χ3n) is 2.86. The Labute approximate surface area is 155 Å². The van der Waals surface area contributed by atoms with Gasteiger partial charge in [0.15, 0.2) is 0 Å². The lowest BCUT2D eigenvalue weighted by Crippen LogP contribution is -2.15. The highest BCUT2D eigenvalue weighted by Crippen LogP contribution is 2.27. The summed E-state index contributed by atoms with van der Waals surface area (Å²) in [6.07, 6.45) is 2.71. The maximum Gasteiger partial charge on any atom is 0.271 e. The topological polar surface area (TPSA) is 121 Å². The summed E-state index contributed by atoms with van der Waals surface area (Å²) in [4.78, 5) is 26.4. The Morgan fingerprint density at radius 2 is 2.16 bits per heavy atom. The summed E-state index contributed by atoms with van der Waals surface area (Å²) in [5, 5.41) is 25.1. The molecule has 0 aliphatic carbocycles. The smallest absolute Gasteiger partial charge is 0.271 e. The molecule has 0 bridgehead atoms. The van der Waals surface area contributed by atoms with Crippen LogP contribution >= 0.6 is 27.5 Å². The molecule has 25 heavy (non-hydrogen) atoms. The fraction of sp³-hybridized carbons (Fsp3) is 0. The fourth-order valence-corrected chi connectivity index (χ4v) is 2.19. The lowest BCUT2D eigenvalue weighted by molar-refractivity contribution is -0.384. The first-order valence-electron chi connectivity index (χ1n) is 6.64. The predicted molar refractivity (Wildman–Crippen MR) is 96.0 cm³/mol. The number of aromatic nitrogens is 1. The molecule has 0 radical (unpaired) electrons. The molecule has 1 heterocycles. The second kappa shape index (κ2) is 8.23. The summed E-state index contributed by atoms with van der Waals surface area (Å²) in [7, 11) is 0. The van der Waals surface area contributed by atoms with Gasteiger partial charge in [0.1, 0.15) is 17.5 Å². The Hall–Kier alpha value is -2.96. The molecule has 0 fully saturated rings. The number of benzene rings is 1. The number of nitrogens with one attached hydrogen (secondary N) is 2. The summed E-state index contributed by atoms with van der Waals surface area (Å²) in [5.41, 5.74) is -0.467. The molecule has 1 aromatic carbocycles. The molecule has 8 nitrogen and oxygen atoms in total. The van der Waals surface area contributed by atoms with Gasteiger partial charge in [0.05, 0.1) is 15.6 Å². The van der Waals surface area contributed by atoms with Gasteiger partial charge in [0.2, 0.25) is 0 Å². The van der Waals surface area contributed by atoms with E-state index in [0.717, 1.165) is 10.5 Å². The number of rotatable bonds is 5. The van der Waals surface area contributed by atoms with Crippen LogP contribution < -0.4 is 10.6 Å². The third kappa shape index (κ3) is 5.00. The molecular weight excluding hydrogens is 414 g/mol. The number of amides is 1. The highest BCUT2D eigenvalue weighted by molar-refractivity contribution is 9.10. The molecule has 0 aliphatic heterocycles. The van der Waals surface area contributed by atoms with Gasteiger partial charge in [-0.05, 0) is 18.2 Å². The van der Waals surface area contributed by atoms with E-state index in [1.165, 1.54) is 24.5 Å². The van der Waals surface area contributed by atoms with Crippen LogP contribution in [-0.4, -0.2) is 15.8 Å². The van der Waals surface area contributed by atoms with Gasteiger partial charge >= 0.3 is 0 Å². The van der Waals surface area contributed by atoms with Crippen molar-refractivity contribution in [2.45, 2.75) is 0 Å². The van der Waals surface area contributed by atoms with Gasteiger partial charge in [-0.2, -0.15) is 5.26 Å². The highest BCUT2D eigenvalue weighted by Gasteiger charge is 2.15. The minimum absolute atomic E-state index is 0.0302. The molecule has 2 rings (SSSR count). The maximum absolute atomic E-state index is 12.2. The number of nitriles is 1. The summed E-state index contributed by atoms with van der Waals surface area (Å²) < 4.78 is 0.768. The summed E-state index contributed by atoms with van der Waals surface area (Å²) in [5.74, 6) is -0.351. The second-order valence-electron chi connectivity index (χ2n) is 4.55. The van der Waals surface area contributed by atoms with Crippen LogP contribution in [0.1, 0.15) is 0 Å². The molecule has 0 unspecified atom stereocenters. The lowest BCUT2D eigenvalue weighted by Gasteiger charge is -2.07. The average molecular weight is 423 g/mol. The molecule has 2 aromatic rings. The number of anilines is 2. The van der Waals surface area contributed by atoms with Crippen LogP contribution in [0.2, 0.25) is 5.02 Å². The lowest BCUT2D eigenvalue weighted by atomic mass is 10.2. The van der Waals surface area contributed by atoms with E-state index in [1.54, 1.807) is 18.2 Å². The first-order valence-corrected chi connectivity index (χ1v) is 7.81. The minimum Gasteiger partial charge on any atom is -0.345 e. The Balaban J connectivity index is 2.18. The van der Waals surface area contributed by atoms with Crippen molar-refractivity contribution in [2.75, 3.05) is 10.6 Å². The van der Waals surface area contributed by atoms with Crippen LogP contribution in [0.3, 0.4) is 0 Å². The van der Waals surface area contributed by atoms with E-state index >= 15 is 0 Å². The summed E-state index contributed by atoms with van der Waals surface area (Å²) in [6.45, 7) is 0. The number of halogens is 2. The number of non-ortho nitro benzene ring substituents is 1. The van der Waals surface area contributed by atoms with Crippen LogP contribution in [0.4, 0.5) is 17.2 Å². The minimum atomic E-state index is -0.771. The van der Waals surface area contributed by atoms with Crippen molar-refractivity contribution in [3.8, 4) is 6.07 Å². The van der Waals surface area contributed by atoms with E-state index in [-0.39, 0.29) is 22.0 Å². The number of nitro groups is 1. The summed E-state index contributed by atoms with van der Waals surface area (Å²) in [6, 6.07) is 8.71. The molecule has 0 saturated carbocycles. The number of nitro benzene ring substituents is 1. The average Bonchev–Trinajstić information content (AvgIpc) is 2.57. The Kier molecular flexibility index (Phi) is 6.05.